The first kappa shape index (κ1) is 9.40. The predicted molar refractivity (Wildman–Crippen MR) is 44.3 cm³/mol. The molecule has 0 aliphatic carbocycles. The van der Waals surface area contributed by atoms with E-state index in [1.165, 1.54) is 0 Å². The number of nitrogens with zero attached hydrogens (tertiary/aromatic N) is 2. The Morgan fingerprint density at radius 1 is 1.77 bits per heavy atom. The summed E-state index contributed by atoms with van der Waals surface area (Å²) in [7, 11) is 0. The van der Waals surface area contributed by atoms with Crippen molar-refractivity contribution < 1.29 is 9.63 Å². The largest absolute Gasteiger partial charge is 0.350 e. The van der Waals surface area contributed by atoms with E-state index in [4.69, 9.17) is 5.73 Å². The summed E-state index contributed by atoms with van der Waals surface area (Å²) in [6.07, 6.45) is 1.62. The molecule has 0 aliphatic heterocycles. The average Bonchev–Trinajstić information content (AvgIpc) is 2.03. The number of primary amides is 1. The highest BCUT2D eigenvalue weighted by atomic mass is 16.7. The third-order valence-corrected chi connectivity index (χ3v) is 1.22. The molecule has 1 heterocycles. The van der Waals surface area contributed by atoms with Crippen molar-refractivity contribution in [3.05, 3.63) is 23.8 Å². The number of aryl methyl sites for hydroxylation is 1. The summed E-state index contributed by atoms with van der Waals surface area (Å²) in [5.74, 6) is 0.494. The summed E-state index contributed by atoms with van der Waals surface area (Å²) in [5.41, 5.74) is 7.58. The van der Waals surface area contributed by atoms with E-state index >= 15 is 0 Å². The van der Waals surface area contributed by atoms with Crippen molar-refractivity contribution in [1.29, 1.82) is 0 Å². The zero-order valence-electron chi connectivity index (χ0n) is 7.15. The second-order valence-corrected chi connectivity index (χ2v) is 2.37. The van der Waals surface area contributed by atoms with Gasteiger partial charge in [0.2, 0.25) is 0 Å². The fourth-order valence-electron chi connectivity index (χ4n) is 0.742. The van der Waals surface area contributed by atoms with E-state index in [1.54, 1.807) is 12.3 Å². The number of hydrogen-bond donors (Lipinski definition) is 2. The molecule has 0 aromatic carbocycles. The van der Waals surface area contributed by atoms with Gasteiger partial charge in [-0.15, -0.1) is 0 Å². The van der Waals surface area contributed by atoms with Gasteiger partial charge in [0.15, 0.2) is 5.82 Å². The van der Waals surface area contributed by atoms with Crippen LogP contribution in [-0.2, 0) is 11.4 Å². The molecule has 6 heteroatoms. The predicted octanol–water partition coefficient (Wildman–Crippen LogP) is -0.115. The first-order valence-corrected chi connectivity index (χ1v) is 3.64. The molecule has 0 radical (unpaired) electrons. The lowest BCUT2D eigenvalue weighted by Crippen LogP contribution is -2.29. The number of hydroxylamine groups is 1. The molecule has 0 bridgehead atoms. The highest BCUT2D eigenvalue weighted by Gasteiger charge is 1.97. The topological polar surface area (TPSA) is 90.1 Å². The first-order valence-electron chi connectivity index (χ1n) is 3.64. The molecule has 0 spiro atoms. The number of amides is 2. The number of carbonyl (C=O) groups excluding carboxylic acids is 1. The Morgan fingerprint density at radius 3 is 3.15 bits per heavy atom. The number of rotatable bonds is 3. The molecule has 70 valence electrons. The van der Waals surface area contributed by atoms with Gasteiger partial charge in [-0.05, 0) is 13.0 Å². The number of carbonyl (C=O) groups is 1. The van der Waals surface area contributed by atoms with Crippen LogP contribution in [-0.4, -0.2) is 16.0 Å². The van der Waals surface area contributed by atoms with Gasteiger partial charge in [0.05, 0.1) is 0 Å². The molecule has 6 nitrogen and oxygen atoms in total. The van der Waals surface area contributed by atoms with Gasteiger partial charge < -0.3 is 5.73 Å². The maximum absolute atomic E-state index is 10.2. The van der Waals surface area contributed by atoms with E-state index in [-0.39, 0.29) is 6.61 Å². The van der Waals surface area contributed by atoms with E-state index in [1.807, 2.05) is 12.4 Å². The molecule has 0 saturated carbocycles. The van der Waals surface area contributed by atoms with Crippen molar-refractivity contribution in [2.45, 2.75) is 13.5 Å². The van der Waals surface area contributed by atoms with Gasteiger partial charge in [-0.1, -0.05) is 0 Å². The molecule has 0 unspecified atom stereocenters. The average molecular weight is 182 g/mol. The van der Waals surface area contributed by atoms with Crippen molar-refractivity contribution in [3.63, 3.8) is 0 Å². The van der Waals surface area contributed by atoms with Gasteiger partial charge in [0.25, 0.3) is 0 Å². The van der Waals surface area contributed by atoms with Crippen LogP contribution in [0.4, 0.5) is 4.79 Å². The van der Waals surface area contributed by atoms with Crippen molar-refractivity contribution in [1.82, 2.24) is 15.4 Å². The molecule has 0 aliphatic rings. The standard InChI is InChI=1S/C7H10N4O2/c1-5-2-3-9-6(10-5)4-13-11-7(8)12/h2-3H,4H2,1H3,(H3,8,11,12). The highest BCUT2D eigenvalue weighted by Crippen LogP contribution is 1.93. The van der Waals surface area contributed by atoms with E-state index in [0.717, 1.165) is 5.69 Å². The number of aromatic nitrogens is 2. The number of hydrogen-bond acceptors (Lipinski definition) is 4. The van der Waals surface area contributed by atoms with Crippen molar-refractivity contribution in [2.24, 2.45) is 5.73 Å². The van der Waals surface area contributed by atoms with E-state index in [9.17, 15) is 4.79 Å². The van der Waals surface area contributed by atoms with E-state index < -0.39 is 6.03 Å². The Balaban J connectivity index is 2.41. The second kappa shape index (κ2) is 4.36. The van der Waals surface area contributed by atoms with Gasteiger partial charge in [-0.3, -0.25) is 4.84 Å². The van der Waals surface area contributed by atoms with Gasteiger partial charge >= 0.3 is 6.03 Å². The van der Waals surface area contributed by atoms with Crippen LogP contribution in [0.15, 0.2) is 12.3 Å². The van der Waals surface area contributed by atoms with E-state index in [2.05, 4.69) is 14.8 Å². The Morgan fingerprint density at radius 2 is 2.54 bits per heavy atom. The van der Waals surface area contributed by atoms with Crippen molar-refractivity contribution >= 4 is 6.03 Å². The van der Waals surface area contributed by atoms with Crippen LogP contribution in [0.3, 0.4) is 0 Å². The smallest absolute Gasteiger partial charge is 0.336 e. The van der Waals surface area contributed by atoms with Crippen molar-refractivity contribution in [2.75, 3.05) is 0 Å². The summed E-state index contributed by atoms with van der Waals surface area (Å²) in [6.45, 7) is 1.94. The van der Waals surface area contributed by atoms with Crippen LogP contribution >= 0.6 is 0 Å². The maximum atomic E-state index is 10.2. The molecule has 1 aromatic rings. The molecule has 2 amide bonds. The lowest BCUT2D eigenvalue weighted by Gasteiger charge is -2.01. The van der Waals surface area contributed by atoms with Crippen LogP contribution in [0, 0.1) is 6.92 Å². The number of urea groups is 1. The number of nitrogens with two attached hydrogens (primary N) is 1. The lowest BCUT2D eigenvalue weighted by molar-refractivity contribution is 0.0480. The Labute approximate surface area is 75.1 Å². The Hall–Kier alpha value is -1.69. The van der Waals surface area contributed by atoms with Gasteiger partial charge in [-0.2, -0.15) is 0 Å². The quantitative estimate of drug-likeness (QED) is 0.638. The van der Waals surface area contributed by atoms with E-state index in [0.29, 0.717) is 5.82 Å². The Bertz CT molecular complexity index is 302. The normalized spacial score (nSPS) is 9.62. The second-order valence-electron chi connectivity index (χ2n) is 2.37. The van der Waals surface area contributed by atoms with Crippen LogP contribution in [0.25, 0.3) is 0 Å². The van der Waals surface area contributed by atoms with Crippen LogP contribution in [0.2, 0.25) is 0 Å². The zero-order chi connectivity index (χ0) is 9.68. The molecular weight excluding hydrogens is 172 g/mol. The third kappa shape index (κ3) is 3.48. The molecule has 13 heavy (non-hydrogen) atoms. The fraction of sp³-hybridized carbons (Fsp3) is 0.286. The highest BCUT2D eigenvalue weighted by molar-refractivity contribution is 5.70. The first-order chi connectivity index (χ1) is 6.18. The van der Waals surface area contributed by atoms with Crippen molar-refractivity contribution in [3.8, 4) is 0 Å². The molecule has 0 atom stereocenters. The Kier molecular flexibility index (Phi) is 3.15. The molecule has 1 aromatic heterocycles. The molecule has 3 N–H and O–H groups in total. The van der Waals surface area contributed by atoms with Crippen LogP contribution in [0.5, 0.6) is 0 Å². The maximum Gasteiger partial charge on any atom is 0.336 e. The zero-order valence-corrected chi connectivity index (χ0v) is 7.15. The van der Waals surface area contributed by atoms with Crippen LogP contribution in [0.1, 0.15) is 11.5 Å². The summed E-state index contributed by atoms with van der Waals surface area (Å²) < 4.78 is 0. The fourth-order valence-corrected chi connectivity index (χ4v) is 0.742. The van der Waals surface area contributed by atoms with Gasteiger partial charge in [-0.25, -0.2) is 20.2 Å². The molecule has 0 fully saturated rings. The summed E-state index contributed by atoms with van der Waals surface area (Å²) in [5, 5.41) is 0. The SMILES string of the molecule is Cc1ccnc(CONC(N)=O)n1. The summed E-state index contributed by atoms with van der Waals surface area (Å²) in [6, 6.07) is 1.03. The van der Waals surface area contributed by atoms with Crippen LogP contribution < -0.4 is 11.2 Å². The molecule has 1 rings (SSSR count). The minimum atomic E-state index is -0.743. The lowest BCUT2D eigenvalue weighted by atomic mass is 10.4. The number of nitrogens with one attached hydrogen (secondary N) is 1. The molecule has 0 saturated heterocycles. The molecular formula is C7H10N4O2. The minimum absolute atomic E-state index is 0.102. The van der Waals surface area contributed by atoms with Gasteiger partial charge in [0.1, 0.15) is 6.61 Å². The minimum Gasteiger partial charge on any atom is -0.350 e. The summed E-state index contributed by atoms with van der Waals surface area (Å²) in [4.78, 5) is 22.8. The summed E-state index contributed by atoms with van der Waals surface area (Å²) >= 11 is 0. The monoisotopic (exact) mass is 182 g/mol. The van der Waals surface area contributed by atoms with Gasteiger partial charge in [0, 0.05) is 11.9 Å². The third-order valence-electron chi connectivity index (χ3n) is 1.22.